The minimum absolute atomic E-state index is 0.0135. The summed E-state index contributed by atoms with van der Waals surface area (Å²) in [6.45, 7) is 0. The van der Waals surface area contributed by atoms with E-state index in [1.165, 1.54) is 30.9 Å². The number of carbonyl (C=O) groups is 1. The Morgan fingerprint density at radius 2 is 1.62 bits per heavy atom. The summed E-state index contributed by atoms with van der Waals surface area (Å²) >= 11 is 0. The van der Waals surface area contributed by atoms with Crippen LogP contribution in [0.2, 0.25) is 0 Å². The molecule has 0 saturated heterocycles. The number of amides is 2. The van der Waals surface area contributed by atoms with E-state index in [1.54, 1.807) is 30.5 Å². The van der Waals surface area contributed by atoms with Crippen LogP contribution in [0, 0.1) is 0 Å². The number of nitrogens with zero attached hydrogens (tertiary/aromatic N) is 4. The number of nitrogens with two attached hydrogens (primary N) is 1. The molecule has 2 aromatic carbocycles. The standard InChI is InChI=1S/C22H16F3N7O2/c23-22(24,25)14-2-1-3-15(8-14)31-20(33)32-16-9-28-21(29-10-16)34-17-6-4-13(5-7-17)18-11-27-12-30-19(18)26/h1-12H,(H2,26,27,30)(H2,31,32,33). The van der Waals surface area contributed by atoms with Crippen LogP contribution in [0.3, 0.4) is 0 Å². The van der Waals surface area contributed by atoms with Crippen LogP contribution < -0.4 is 21.1 Å². The maximum atomic E-state index is 12.8. The van der Waals surface area contributed by atoms with E-state index >= 15 is 0 Å². The fourth-order valence-corrected chi connectivity index (χ4v) is 2.87. The molecule has 0 aliphatic carbocycles. The van der Waals surface area contributed by atoms with Crippen molar-refractivity contribution in [1.82, 2.24) is 19.9 Å². The monoisotopic (exact) mass is 467 g/mol. The van der Waals surface area contributed by atoms with Gasteiger partial charge >= 0.3 is 18.2 Å². The molecule has 9 nitrogen and oxygen atoms in total. The lowest BCUT2D eigenvalue weighted by molar-refractivity contribution is -0.137. The Balaban J connectivity index is 1.35. The molecule has 2 amide bonds. The van der Waals surface area contributed by atoms with E-state index in [4.69, 9.17) is 10.5 Å². The molecule has 0 radical (unpaired) electrons. The topological polar surface area (TPSA) is 128 Å². The number of carbonyl (C=O) groups excluding carboxylic acids is 1. The summed E-state index contributed by atoms with van der Waals surface area (Å²) in [4.78, 5) is 28.0. The number of hydrogen-bond donors (Lipinski definition) is 3. The molecule has 0 spiro atoms. The molecule has 12 heteroatoms. The fraction of sp³-hybridized carbons (Fsp3) is 0.0455. The molecule has 0 saturated carbocycles. The Kier molecular flexibility index (Phi) is 6.21. The number of ether oxygens (including phenoxy) is 1. The van der Waals surface area contributed by atoms with Crippen molar-refractivity contribution in [3.8, 4) is 22.9 Å². The average molecular weight is 467 g/mol. The Morgan fingerprint density at radius 1 is 0.912 bits per heavy atom. The molecule has 4 aromatic rings. The van der Waals surface area contributed by atoms with Crippen molar-refractivity contribution in [3.05, 3.63) is 79.0 Å². The lowest BCUT2D eigenvalue weighted by Crippen LogP contribution is -2.20. The number of alkyl halides is 3. The number of urea groups is 1. The number of halogens is 3. The quantitative estimate of drug-likeness (QED) is 0.378. The van der Waals surface area contributed by atoms with E-state index in [2.05, 4.69) is 30.6 Å². The van der Waals surface area contributed by atoms with Gasteiger partial charge in [0.05, 0.1) is 23.6 Å². The van der Waals surface area contributed by atoms with Gasteiger partial charge in [-0.2, -0.15) is 13.2 Å². The molecule has 0 aliphatic rings. The highest BCUT2D eigenvalue weighted by molar-refractivity contribution is 5.99. The summed E-state index contributed by atoms with van der Waals surface area (Å²) in [5, 5.41) is 4.76. The van der Waals surface area contributed by atoms with Gasteiger partial charge < -0.3 is 21.1 Å². The second-order valence-corrected chi connectivity index (χ2v) is 6.86. The predicted molar refractivity (Wildman–Crippen MR) is 118 cm³/mol. The summed E-state index contributed by atoms with van der Waals surface area (Å²) in [5.41, 5.74) is 6.67. The normalized spacial score (nSPS) is 11.0. The van der Waals surface area contributed by atoms with Crippen molar-refractivity contribution in [1.29, 1.82) is 0 Å². The first kappa shape index (κ1) is 22.5. The average Bonchev–Trinajstić information content (AvgIpc) is 2.81. The van der Waals surface area contributed by atoms with Gasteiger partial charge in [-0.05, 0) is 35.9 Å². The maximum Gasteiger partial charge on any atom is 0.416 e. The first-order valence-corrected chi connectivity index (χ1v) is 9.69. The number of anilines is 3. The van der Waals surface area contributed by atoms with Crippen molar-refractivity contribution in [2.24, 2.45) is 0 Å². The highest BCUT2D eigenvalue weighted by Crippen LogP contribution is 2.31. The summed E-state index contributed by atoms with van der Waals surface area (Å²) in [6, 6.07) is 10.5. The summed E-state index contributed by atoms with van der Waals surface area (Å²) < 4.78 is 44.0. The van der Waals surface area contributed by atoms with Gasteiger partial charge in [-0.15, -0.1) is 0 Å². The van der Waals surface area contributed by atoms with Crippen molar-refractivity contribution in [2.45, 2.75) is 6.18 Å². The summed E-state index contributed by atoms with van der Waals surface area (Å²) in [5.74, 6) is 0.814. The van der Waals surface area contributed by atoms with Gasteiger partial charge in [0, 0.05) is 17.4 Å². The summed E-state index contributed by atoms with van der Waals surface area (Å²) in [7, 11) is 0. The molecule has 0 atom stereocenters. The minimum Gasteiger partial charge on any atom is -0.424 e. The second kappa shape index (κ2) is 9.40. The van der Waals surface area contributed by atoms with Gasteiger partial charge in [0.2, 0.25) is 0 Å². The zero-order valence-corrected chi connectivity index (χ0v) is 17.2. The Morgan fingerprint density at radius 3 is 2.29 bits per heavy atom. The van der Waals surface area contributed by atoms with Crippen molar-refractivity contribution < 1.29 is 22.7 Å². The van der Waals surface area contributed by atoms with Crippen molar-refractivity contribution in [3.63, 3.8) is 0 Å². The molecule has 2 aromatic heterocycles. The highest BCUT2D eigenvalue weighted by atomic mass is 19.4. The van der Waals surface area contributed by atoms with E-state index in [1.807, 2.05) is 0 Å². The lowest BCUT2D eigenvalue weighted by atomic mass is 10.1. The van der Waals surface area contributed by atoms with E-state index in [-0.39, 0.29) is 17.4 Å². The molecule has 4 rings (SSSR count). The first-order valence-electron chi connectivity index (χ1n) is 9.69. The molecule has 172 valence electrons. The second-order valence-electron chi connectivity index (χ2n) is 6.86. The molecular formula is C22H16F3N7O2. The van der Waals surface area contributed by atoms with Crippen LogP contribution >= 0.6 is 0 Å². The molecule has 0 unspecified atom stereocenters. The number of benzene rings is 2. The molecule has 4 N–H and O–H groups in total. The Hall–Kier alpha value is -4.74. The van der Waals surface area contributed by atoms with Gasteiger partial charge in [-0.3, -0.25) is 0 Å². The van der Waals surface area contributed by atoms with Gasteiger partial charge in [-0.1, -0.05) is 18.2 Å². The van der Waals surface area contributed by atoms with Crippen molar-refractivity contribution >= 4 is 23.2 Å². The number of nitrogens with one attached hydrogen (secondary N) is 2. The third-order valence-electron chi connectivity index (χ3n) is 4.45. The van der Waals surface area contributed by atoms with Gasteiger partial charge in [0.25, 0.3) is 0 Å². The summed E-state index contributed by atoms with van der Waals surface area (Å²) in [6.07, 6.45) is 1.05. The van der Waals surface area contributed by atoms with Crippen molar-refractivity contribution in [2.75, 3.05) is 16.4 Å². The molecule has 0 aliphatic heterocycles. The van der Waals surface area contributed by atoms with Crippen LogP contribution in [0.4, 0.5) is 35.2 Å². The van der Waals surface area contributed by atoms with Crippen LogP contribution in [0.5, 0.6) is 11.8 Å². The van der Waals surface area contributed by atoms with Crippen LogP contribution in [-0.2, 0) is 6.18 Å². The van der Waals surface area contributed by atoms with Gasteiger partial charge in [0.15, 0.2) is 0 Å². The van der Waals surface area contributed by atoms with E-state index in [9.17, 15) is 18.0 Å². The van der Waals surface area contributed by atoms with Crippen LogP contribution in [0.25, 0.3) is 11.1 Å². The molecular weight excluding hydrogens is 451 g/mol. The lowest BCUT2D eigenvalue weighted by Gasteiger charge is -2.11. The predicted octanol–water partition coefficient (Wildman–Crippen LogP) is 4.97. The smallest absolute Gasteiger partial charge is 0.416 e. The number of hydrogen-bond acceptors (Lipinski definition) is 7. The first-order chi connectivity index (χ1) is 16.3. The molecule has 0 bridgehead atoms. The Labute approximate surface area is 190 Å². The van der Waals surface area contributed by atoms with E-state index in [0.717, 1.165) is 17.7 Å². The molecule has 2 heterocycles. The fourth-order valence-electron chi connectivity index (χ4n) is 2.87. The minimum atomic E-state index is -4.51. The zero-order valence-electron chi connectivity index (χ0n) is 17.2. The van der Waals surface area contributed by atoms with Crippen LogP contribution in [-0.4, -0.2) is 26.0 Å². The number of rotatable bonds is 5. The number of nitrogen functional groups attached to an aromatic ring is 1. The van der Waals surface area contributed by atoms with E-state index < -0.39 is 17.8 Å². The van der Waals surface area contributed by atoms with Gasteiger partial charge in [0.1, 0.15) is 17.9 Å². The Bertz CT molecular complexity index is 1300. The van der Waals surface area contributed by atoms with Gasteiger partial charge in [-0.25, -0.2) is 24.7 Å². The highest BCUT2D eigenvalue weighted by Gasteiger charge is 2.30. The maximum absolute atomic E-state index is 12.8. The van der Waals surface area contributed by atoms with Crippen LogP contribution in [0.1, 0.15) is 5.56 Å². The zero-order chi connectivity index (χ0) is 24.1. The third kappa shape index (κ3) is 5.54. The van der Waals surface area contributed by atoms with E-state index in [0.29, 0.717) is 17.1 Å². The molecule has 34 heavy (non-hydrogen) atoms. The SMILES string of the molecule is Nc1ncncc1-c1ccc(Oc2ncc(NC(=O)Nc3cccc(C(F)(F)F)c3)cn2)cc1. The molecule has 0 fully saturated rings. The van der Waals surface area contributed by atoms with Crippen LogP contribution in [0.15, 0.2) is 73.4 Å². The number of aromatic nitrogens is 4. The largest absolute Gasteiger partial charge is 0.424 e. The third-order valence-corrected chi connectivity index (χ3v) is 4.45.